The largest absolute Gasteiger partial charge is 0.481 e. The van der Waals surface area contributed by atoms with Crippen molar-refractivity contribution in [2.24, 2.45) is 5.92 Å². The third-order valence-electron chi connectivity index (χ3n) is 3.74. The maximum atomic E-state index is 10.6. The second-order valence-corrected chi connectivity index (χ2v) is 5.85. The van der Waals surface area contributed by atoms with Gasteiger partial charge in [0.1, 0.15) is 0 Å². The van der Waals surface area contributed by atoms with E-state index in [2.05, 4.69) is 13.8 Å². The van der Waals surface area contributed by atoms with Gasteiger partial charge in [-0.2, -0.15) is 0 Å². The number of hydrogen-bond donors (Lipinski definition) is 2. The van der Waals surface area contributed by atoms with Crippen LogP contribution in [0.1, 0.15) is 97.8 Å². The van der Waals surface area contributed by atoms with Gasteiger partial charge in [-0.05, 0) is 19.3 Å². The van der Waals surface area contributed by atoms with Crippen LogP contribution in [-0.4, -0.2) is 22.2 Å². The fraction of sp³-hybridized carbons (Fsp3) is 0.889. The van der Waals surface area contributed by atoms with Crippen molar-refractivity contribution in [3.63, 3.8) is 0 Å². The summed E-state index contributed by atoms with van der Waals surface area (Å²) < 4.78 is 0. The van der Waals surface area contributed by atoms with Crippen molar-refractivity contribution in [3.8, 4) is 0 Å². The number of carboxylic acid groups (broad SMARTS) is 2. The Bertz CT molecular complexity index is 270. The average molecular weight is 382 g/mol. The van der Waals surface area contributed by atoms with Gasteiger partial charge in [-0.25, -0.2) is 0 Å². The second-order valence-electron chi connectivity index (χ2n) is 5.85. The van der Waals surface area contributed by atoms with Crippen LogP contribution >= 0.6 is 0 Å². The van der Waals surface area contributed by atoms with Crippen LogP contribution in [0, 0.1) is 5.92 Å². The second kappa shape index (κ2) is 21.6. The molecular formula is C18H36O4Zn. The molecule has 0 saturated carbocycles. The van der Waals surface area contributed by atoms with Crippen LogP contribution in [0.25, 0.3) is 0 Å². The van der Waals surface area contributed by atoms with E-state index in [4.69, 9.17) is 10.2 Å². The third kappa shape index (κ3) is 23.9. The molecule has 1 unspecified atom stereocenters. The summed E-state index contributed by atoms with van der Waals surface area (Å²) in [7, 11) is 0. The molecule has 0 heterocycles. The minimum absolute atomic E-state index is 0. The Morgan fingerprint density at radius 1 is 0.783 bits per heavy atom. The Balaban J connectivity index is -0.000000338. The first-order valence-electron chi connectivity index (χ1n) is 8.94. The first-order chi connectivity index (χ1) is 10.5. The van der Waals surface area contributed by atoms with Crippen molar-refractivity contribution in [3.05, 3.63) is 0 Å². The van der Waals surface area contributed by atoms with E-state index >= 15 is 0 Å². The smallest absolute Gasteiger partial charge is 0.306 e. The first kappa shape index (κ1) is 27.4. The van der Waals surface area contributed by atoms with Gasteiger partial charge in [-0.1, -0.05) is 72.1 Å². The van der Waals surface area contributed by atoms with Gasteiger partial charge in [-0.15, -0.1) is 0 Å². The van der Waals surface area contributed by atoms with Gasteiger partial charge < -0.3 is 10.2 Å². The Labute approximate surface area is 155 Å². The van der Waals surface area contributed by atoms with Crippen LogP contribution < -0.4 is 0 Å². The van der Waals surface area contributed by atoms with E-state index in [1.807, 2.05) is 6.92 Å². The monoisotopic (exact) mass is 380 g/mol. The van der Waals surface area contributed by atoms with Crippen molar-refractivity contribution in [2.75, 3.05) is 0 Å². The minimum atomic E-state index is -0.670. The molecule has 5 heteroatoms. The van der Waals surface area contributed by atoms with Crippen LogP contribution in [-0.2, 0) is 29.1 Å². The molecule has 0 aliphatic carbocycles. The van der Waals surface area contributed by atoms with E-state index in [0.717, 1.165) is 32.1 Å². The standard InChI is InChI=1S/C10H20O2.C8H16O2.Zn/c1-3-5-6-7-8-9(4-2)10(11)12;1-2-3-4-5-6-7-8(9)10;/h9H,3-8H2,1-2H3,(H,11,12);2-7H2,1H3,(H,9,10);. The van der Waals surface area contributed by atoms with Crippen LogP contribution in [0.15, 0.2) is 0 Å². The van der Waals surface area contributed by atoms with E-state index in [0.29, 0.717) is 6.42 Å². The minimum Gasteiger partial charge on any atom is -0.481 e. The zero-order valence-corrected chi connectivity index (χ0v) is 18.4. The number of aliphatic carboxylic acids is 2. The van der Waals surface area contributed by atoms with E-state index in [-0.39, 0.29) is 25.4 Å². The number of unbranched alkanes of at least 4 members (excludes halogenated alkanes) is 7. The Hall–Kier alpha value is -0.437. The molecule has 23 heavy (non-hydrogen) atoms. The molecule has 2 N–H and O–H groups in total. The molecule has 0 aliphatic rings. The van der Waals surface area contributed by atoms with Gasteiger partial charge in [0.05, 0.1) is 5.92 Å². The number of rotatable bonds is 13. The maximum Gasteiger partial charge on any atom is 0.306 e. The van der Waals surface area contributed by atoms with Gasteiger partial charge in [0.25, 0.3) is 0 Å². The van der Waals surface area contributed by atoms with Crippen molar-refractivity contribution in [2.45, 2.75) is 97.8 Å². The molecular weight excluding hydrogens is 346 g/mol. The zero-order chi connectivity index (χ0) is 17.2. The fourth-order valence-electron chi connectivity index (χ4n) is 2.20. The molecule has 0 rings (SSSR count). The topological polar surface area (TPSA) is 74.6 Å². The number of carbonyl (C=O) groups is 2. The van der Waals surface area contributed by atoms with Crippen LogP contribution in [0.2, 0.25) is 0 Å². The van der Waals surface area contributed by atoms with Gasteiger partial charge in [0, 0.05) is 25.9 Å². The van der Waals surface area contributed by atoms with Gasteiger partial charge in [0.2, 0.25) is 0 Å². The summed E-state index contributed by atoms with van der Waals surface area (Å²) in [4.78, 5) is 20.6. The molecule has 0 spiro atoms. The normalized spacial score (nSPS) is 10.9. The third-order valence-corrected chi connectivity index (χ3v) is 3.74. The van der Waals surface area contributed by atoms with Crippen molar-refractivity contribution in [1.29, 1.82) is 0 Å². The molecule has 0 aromatic heterocycles. The summed E-state index contributed by atoms with van der Waals surface area (Å²) in [6, 6.07) is 0. The molecule has 4 nitrogen and oxygen atoms in total. The number of hydrogen-bond acceptors (Lipinski definition) is 2. The predicted molar refractivity (Wildman–Crippen MR) is 91.2 cm³/mol. The van der Waals surface area contributed by atoms with Crippen LogP contribution in [0.4, 0.5) is 0 Å². The van der Waals surface area contributed by atoms with Crippen molar-refractivity contribution < 1.29 is 39.3 Å². The zero-order valence-electron chi connectivity index (χ0n) is 15.5. The Morgan fingerprint density at radius 3 is 1.65 bits per heavy atom. The summed E-state index contributed by atoms with van der Waals surface area (Å²) in [5.74, 6) is -1.41. The molecule has 0 aromatic rings. The summed E-state index contributed by atoms with van der Waals surface area (Å²) in [6.45, 7) is 6.25. The number of carboxylic acids is 2. The Morgan fingerprint density at radius 2 is 1.26 bits per heavy atom. The first-order valence-corrected chi connectivity index (χ1v) is 8.94. The van der Waals surface area contributed by atoms with Gasteiger partial charge in [-0.3, -0.25) is 9.59 Å². The molecule has 0 radical (unpaired) electrons. The summed E-state index contributed by atoms with van der Waals surface area (Å²) in [6.07, 6.45) is 12.2. The van der Waals surface area contributed by atoms with E-state index in [1.165, 1.54) is 38.5 Å². The quantitative estimate of drug-likeness (QED) is 0.326. The Kier molecular flexibility index (Phi) is 25.7. The van der Waals surface area contributed by atoms with Gasteiger partial charge in [0.15, 0.2) is 0 Å². The molecule has 0 amide bonds. The molecule has 1 atom stereocenters. The van der Waals surface area contributed by atoms with Crippen LogP contribution in [0.5, 0.6) is 0 Å². The van der Waals surface area contributed by atoms with Crippen molar-refractivity contribution in [1.82, 2.24) is 0 Å². The van der Waals surface area contributed by atoms with Crippen LogP contribution in [0.3, 0.4) is 0 Å². The molecule has 0 bridgehead atoms. The maximum absolute atomic E-state index is 10.6. The van der Waals surface area contributed by atoms with E-state index in [9.17, 15) is 9.59 Å². The van der Waals surface area contributed by atoms with E-state index in [1.54, 1.807) is 0 Å². The molecule has 0 fully saturated rings. The van der Waals surface area contributed by atoms with Gasteiger partial charge >= 0.3 is 11.9 Å². The molecule has 0 aliphatic heterocycles. The summed E-state index contributed by atoms with van der Waals surface area (Å²) in [5, 5.41) is 17.0. The average Bonchev–Trinajstić information content (AvgIpc) is 2.47. The van der Waals surface area contributed by atoms with E-state index < -0.39 is 11.9 Å². The fourth-order valence-corrected chi connectivity index (χ4v) is 2.20. The molecule has 0 saturated heterocycles. The summed E-state index contributed by atoms with van der Waals surface area (Å²) in [5.41, 5.74) is 0. The molecule has 134 valence electrons. The predicted octanol–water partition coefficient (Wildman–Crippen LogP) is 5.50. The van der Waals surface area contributed by atoms with Crippen molar-refractivity contribution >= 4 is 11.9 Å². The molecule has 0 aromatic carbocycles. The summed E-state index contributed by atoms with van der Waals surface area (Å²) >= 11 is 0. The SMILES string of the molecule is CCCCCCC(CC)C(=O)O.CCCCCCCC(=O)O.[Zn].